The summed E-state index contributed by atoms with van der Waals surface area (Å²) in [5, 5.41) is 45.0. The Hall–Kier alpha value is -3.28. The molecule has 1 aromatic rings. The topological polar surface area (TPSA) is 165 Å². The second kappa shape index (κ2) is 8.11. The molecule has 0 spiro atoms. The highest BCUT2D eigenvalue weighted by Crippen LogP contribution is 2.53. The van der Waals surface area contributed by atoms with Gasteiger partial charge in [0.25, 0.3) is 5.91 Å². The summed E-state index contributed by atoms with van der Waals surface area (Å²) in [7, 11) is 3.10. The van der Waals surface area contributed by atoms with E-state index in [0.717, 1.165) is 0 Å². The molecule has 38 heavy (non-hydrogen) atoms. The maximum absolute atomic E-state index is 15.9. The van der Waals surface area contributed by atoms with Crippen LogP contribution >= 0.6 is 0 Å². The summed E-state index contributed by atoms with van der Waals surface area (Å²) < 4.78 is 15.9. The highest BCUT2D eigenvalue weighted by atomic mass is 19.1. The first-order valence-electron chi connectivity index (χ1n) is 12.5. The fourth-order valence-corrected chi connectivity index (χ4v) is 6.69. The Morgan fingerprint density at radius 2 is 1.71 bits per heavy atom. The Balaban J connectivity index is 1.70. The first-order valence-corrected chi connectivity index (χ1v) is 12.5. The van der Waals surface area contributed by atoms with E-state index in [2.05, 4.69) is 0 Å². The molecule has 1 heterocycles. The molecular formula is C27H32FN3O7. The van der Waals surface area contributed by atoms with Crippen LogP contribution in [-0.4, -0.2) is 79.0 Å². The maximum atomic E-state index is 15.9. The molecule has 0 radical (unpaired) electrons. The molecule has 1 aliphatic heterocycles. The van der Waals surface area contributed by atoms with Crippen molar-refractivity contribution in [3.05, 3.63) is 50.7 Å². The predicted octanol–water partition coefficient (Wildman–Crippen LogP) is 1.37. The highest BCUT2D eigenvalue weighted by Gasteiger charge is 2.63. The van der Waals surface area contributed by atoms with E-state index in [1.54, 1.807) is 14.1 Å². The standard InChI is InChI=1S/C27H32FN3O7/c1-26(2,3)31-8-12-13(9-31)20(32)16-11(18(12)28)6-10-7-14-19(30(4)5)22(34)17(25(29)37)24(36)27(14,38)23(35)15(10)21(16)33/h10,14,19,32,34-35,38H,6-9H2,1-5H3,(H2,29,37)/t10-,14-,19-,27-/m0/s1. The fourth-order valence-electron chi connectivity index (χ4n) is 6.69. The number of phenolic OH excluding ortho intramolecular Hbond substituents is 1. The SMILES string of the molecule is CN(C)[C@@H]1C(O)=C(C(N)=O)C(=O)[C@@]2(O)C(O)=C3C(=O)c4c(O)c5c(c(F)c4C[C@H]3C[C@@H]12)CN(C(C)(C)C)C5. The van der Waals surface area contributed by atoms with E-state index in [-0.39, 0.29) is 53.9 Å². The Bertz CT molecular complexity index is 1390. The number of likely N-dealkylation sites (N-methyl/N-ethyl adjacent to an activating group) is 1. The number of aliphatic hydroxyl groups is 3. The van der Waals surface area contributed by atoms with Crippen LogP contribution in [0.1, 0.15) is 54.2 Å². The molecule has 0 aromatic heterocycles. The first-order chi connectivity index (χ1) is 17.5. The molecule has 4 atom stereocenters. The minimum absolute atomic E-state index is 0.0233. The maximum Gasteiger partial charge on any atom is 0.255 e. The third kappa shape index (κ3) is 3.25. The molecule has 5 rings (SSSR count). The van der Waals surface area contributed by atoms with Crippen LogP contribution in [0.2, 0.25) is 0 Å². The van der Waals surface area contributed by atoms with Crippen molar-refractivity contribution in [3.8, 4) is 5.75 Å². The van der Waals surface area contributed by atoms with Gasteiger partial charge in [-0.25, -0.2) is 4.39 Å². The summed E-state index contributed by atoms with van der Waals surface area (Å²) in [5.41, 5.74) is 1.46. The number of nitrogens with two attached hydrogens (primary N) is 1. The van der Waals surface area contributed by atoms with Gasteiger partial charge in [0.1, 0.15) is 28.7 Å². The second-order valence-electron chi connectivity index (χ2n) is 12.0. The highest BCUT2D eigenvalue weighted by molar-refractivity contribution is 6.24. The van der Waals surface area contributed by atoms with Crippen LogP contribution in [0, 0.1) is 17.7 Å². The number of benzene rings is 1. The number of carbonyl (C=O) groups is 3. The normalized spacial score (nSPS) is 29.4. The van der Waals surface area contributed by atoms with Crippen molar-refractivity contribution >= 4 is 17.5 Å². The molecule has 204 valence electrons. The van der Waals surface area contributed by atoms with E-state index >= 15 is 4.39 Å². The quantitative estimate of drug-likeness (QED) is 0.356. The monoisotopic (exact) mass is 529 g/mol. The number of primary amides is 1. The molecular weight excluding hydrogens is 497 g/mol. The largest absolute Gasteiger partial charge is 0.510 e. The summed E-state index contributed by atoms with van der Waals surface area (Å²) >= 11 is 0. The molecule has 1 amide bonds. The van der Waals surface area contributed by atoms with E-state index in [4.69, 9.17) is 5.73 Å². The molecule has 4 aliphatic rings. The predicted molar refractivity (Wildman–Crippen MR) is 133 cm³/mol. The van der Waals surface area contributed by atoms with E-state index in [9.17, 15) is 34.8 Å². The number of rotatable bonds is 2. The van der Waals surface area contributed by atoms with Gasteiger partial charge >= 0.3 is 0 Å². The van der Waals surface area contributed by atoms with Crippen LogP contribution in [0.25, 0.3) is 0 Å². The number of fused-ring (bicyclic) bond motifs is 4. The Labute approximate surface area is 218 Å². The number of ketones is 2. The molecule has 0 bridgehead atoms. The lowest BCUT2D eigenvalue weighted by Gasteiger charge is -2.50. The molecule has 10 nitrogen and oxygen atoms in total. The third-order valence-corrected chi connectivity index (χ3v) is 8.68. The zero-order valence-corrected chi connectivity index (χ0v) is 21.9. The average molecular weight is 530 g/mol. The van der Waals surface area contributed by atoms with Gasteiger partial charge in [-0.15, -0.1) is 0 Å². The lowest BCUT2D eigenvalue weighted by atomic mass is 9.58. The van der Waals surface area contributed by atoms with Gasteiger partial charge in [-0.3, -0.25) is 24.2 Å². The lowest BCUT2D eigenvalue weighted by Crippen LogP contribution is -2.63. The lowest BCUT2D eigenvalue weighted by molar-refractivity contribution is -0.148. The smallest absolute Gasteiger partial charge is 0.255 e. The van der Waals surface area contributed by atoms with Gasteiger partial charge in [0.2, 0.25) is 5.78 Å². The van der Waals surface area contributed by atoms with Gasteiger partial charge in [-0.1, -0.05) is 0 Å². The van der Waals surface area contributed by atoms with Crippen molar-refractivity contribution in [2.24, 2.45) is 17.6 Å². The number of hydrogen-bond donors (Lipinski definition) is 5. The minimum atomic E-state index is -2.72. The van der Waals surface area contributed by atoms with Crippen LogP contribution in [-0.2, 0) is 29.1 Å². The number of allylic oxidation sites excluding steroid dienone is 1. The van der Waals surface area contributed by atoms with Crippen LogP contribution < -0.4 is 5.73 Å². The van der Waals surface area contributed by atoms with Gasteiger partial charge in [0.15, 0.2) is 11.4 Å². The zero-order chi connectivity index (χ0) is 28.2. The summed E-state index contributed by atoms with van der Waals surface area (Å²) in [6.07, 6.45) is -0.159. The number of carbonyl (C=O) groups excluding carboxylic acids is 3. The van der Waals surface area contributed by atoms with E-state index in [1.807, 2.05) is 25.7 Å². The van der Waals surface area contributed by atoms with Gasteiger partial charge in [-0.05, 0) is 53.6 Å². The van der Waals surface area contributed by atoms with Crippen LogP contribution in [0.4, 0.5) is 4.39 Å². The molecule has 3 aliphatic carbocycles. The third-order valence-electron chi connectivity index (χ3n) is 8.68. The Morgan fingerprint density at radius 3 is 2.26 bits per heavy atom. The van der Waals surface area contributed by atoms with Crippen molar-refractivity contribution in [3.63, 3.8) is 0 Å². The molecule has 0 unspecified atom stereocenters. The van der Waals surface area contributed by atoms with E-state index in [1.165, 1.54) is 4.90 Å². The molecule has 0 saturated carbocycles. The number of aliphatic hydroxyl groups excluding tert-OH is 2. The van der Waals surface area contributed by atoms with Crippen LogP contribution in [0.5, 0.6) is 5.75 Å². The fraction of sp³-hybridized carbons (Fsp3) is 0.519. The van der Waals surface area contributed by atoms with Crippen molar-refractivity contribution in [1.82, 2.24) is 9.80 Å². The van der Waals surface area contributed by atoms with Crippen molar-refractivity contribution in [2.45, 2.75) is 63.9 Å². The molecule has 0 saturated heterocycles. The molecule has 11 heteroatoms. The van der Waals surface area contributed by atoms with Gasteiger partial charge in [-0.2, -0.15) is 0 Å². The number of phenols is 1. The number of Topliss-reactive ketones (excluding diaryl/α,β-unsaturated/α-hetero) is 2. The Kier molecular flexibility index (Phi) is 5.62. The molecule has 6 N–H and O–H groups in total. The number of amides is 1. The zero-order valence-electron chi connectivity index (χ0n) is 21.9. The van der Waals surface area contributed by atoms with Gasteiger partial charge in [0, 0.05) is 46.8 Å². The van der Waals surface area contributed by atoms with Crippen molar-refractivity contribution in [2.75, 3.05) is 14.1 Å². The van der Waals surface area contributed by atoms with Crippen LogP contribution in [0.3, 0.4) is 0 Å². The summed E-state index contributed by atoms with van der Waals surface area (Å²) in [6.45, 7) is 6.35. The first kappa shape index (κ1) is 26.3. The summed E-state index contributed by atoms with van der Waals surface area (Å²) in [6, 6.07) is -1.10. The van der Waals surface area contributed by atoms with Gasteiger partial charge in [0.05, 0.1) is 11.6 Å². The molecule has 0 fully saturated rings. The number of hydrogen-bond acceptors (Lipinski definition) is 9. The Morgan fingerprint density at radius 1 is 1.11 bits per heavy atom. The second-order valence-corrected chi connectivity index (χ2v) is 12.0. The van der Waals surface area contributed by atoms with Crippen molar-refractivity contribution < 1.29 is 39.2 Å². The number of nitrogens with zero attached hydrogens (tertiary/aromatic N) is 2. The minimum Gasteiger partial charge on any atom is -0.510 e. The number of aromatic hydroxyl groups is 1. The summed E-state index contributed by atoms with van der Waals surface area (Å²) in [5.74, 6) is -8.03. The van der Waals surface area contributed by atoms with Crippen molar-refractivity contribution in [1.29, 1.82) is 0 Å². The number of halogens is 1. The van der Waals surface area contributed by atoms with E-state index in [0.29, 0.717) is 11.1 Å². The van der Waals surface area contributed by atoms with E-state index < -0.39 is 63.9 Å². The average Bonchev–Trinajstić information content (AvgIpc) is 3.26. The van der Waals surface area contributed by atoms with Gasteiger partial charge < -0.3 is 26.2 Å². The summed E-state index contributed by atoms with van der Waals surface area (Å²) in [4.78, 5) is 42.6. The van der Waals surface area contributed by atoms with Crippen LogP contribution in [0.15, 0.2) is 22.7 Å². The molecule has 1 aromatic carbocycles.